The zero-order valence-corrected chi connectivity index (χ0v) is 24.8. The molecule has 5 rings (SSSR count). The number of fused-ring (bicyclic) bond motifs is 1. The zero-order chi connectivity index (χ0) is 28.8. The Kier molecular flexibility index (Phi) is 8.87. The zero-order valence-electron chi connectivity index (χ0n) is 24.0. The number of nitrogens with zero attached hydrogens (tertiary/aromatic N) is 4. The maximum atomic E-state index is 6.03. The summed E-state index contributed by atoms with van der Waals surface area (Å²) in [5, 5.41) is 6.69. The molecule has 0 saturated carbocycles. The first-order valence-corrected chi connectivity index (χ1v) is 14.3. The molecule has 2 heterocycles. The number of hydrogen-bond donors (Lipinski definition) is 0. The first-order chi connectivity index (χ1) is 19.9. The summed E-state index contributed by atoms with van der Waals surface area (Å²) in [6, 6.07) is 24.5. The Morgan fingerprint density at radius 1 is 0.878 bits per heavy atom. The molecule has 0 spiro atoms. The van der Waals surface area contributed by atoms with Gasteiger partial charge in [-0.2, -0.15) is 5.10 Å². The van der Waals surface area contributed by atoms with E-state index >= 15 is 0 Å². The van der Waals surface area contributed by atoms with Crippen molar-refractivity contribution in [2.24, 2.45) is 0 Å². The van der Waals surface area contributed by atoms with Gasteiger partial charge in [-0.15, -0.1) is 0 Å². The van der Waals surface area contributed by atoms with E-state index < -0.39 is 5.60 Å². The van der Waals surface area contributed by atoms with Crippen LogP contribution in [0.4, 0.5) is 0 Å². The van der Waals surface area contributed by atoms with E-state index in [0.717, 1.165) is 43.5 Å². The molecular formula is C32H34N4O4S. The van der Waals surface area contributed by atoms with E-state index in [9.17, 15) is 0 Å². The predicted octanol–water partition coefficient (Wildman–Crippen LogP) is 6.94. The van der Waals surface area contributed by atoms with Crippen LogP contribution in [0.3, 0.4) is 0 Å². The van der Waals surface area contributed by atoms with Crippen LogP contribution in [-0.2, 0) is 15.1 Å². The molecule has 0 atom stereocenters. The van der Waals surface area contributed by atoms with Crippen molar-refractivity contribution in [3.63, 3.8) is 0 Å². The second-order valence-corrected chi connectivity index (χ2v) is 10.8. The first kappa shape index (κ1) is 28.6. The molecule has 212 valence electrons. The Labute approximate surface area is 244 Å². The normalized spacial score (nSPS) is 11.6. The molecule has 0 unspecified atom stereocenters. The minimum Gasteiger partial charge on any atom is -0.493 e. The van der Waals surface area contributed by atoms with Crippen molar-refractivity contribution in [2.45, 2.75) is 36.3 Å². The number of benzene rings is 3. The number of methoxy groups -OCH3 is 2. The van der Waals surface area contributed by atoms with Gasteiger partial charge in [0.05, 0.1) is 36.3 Å². The molecule has 0 aliphatic heterocycles. The number of hydrogen-bond acceptors (Lipinski definition) is 8. The number of rotatable bonds is 12. The van der Waals surface area contributed by atoms with Crippen molar-refractivity contribution in [1.29, 1.82) is 0 Å². The van der Waals surface area contributed by atoms with Crippen molar-refractivity contribution < 1.29 is 18.9 Å². The summed E-state index contributed by atoms with van der Waals surface area (Å²) in [6.07, 6.45) is 1.58. The lowest BCUT2D eigenvalue weighted by Crippen LogP contribution is -2.22. The van der Waals surface area contributed by atoms with Gasteiger partial charge in [0.25, 0.3) is 0 Å². The molecule has 9 heteroatoms. The van der Waals surface area contributed by atoms with Gasteiger partial charge in [-0.1, -0.05) is 42.1 Å². The predicted molar refractivity (Wildman–Crippen MR) is 161 cm³/mol. The molecule has 41 heavy (non-hydrogen) atoms. The Hall–Kier alpha value is -3.92. The standard InChI is InChI=1S/C32H34N4O4S/c1-6-40-32(2,3)30-20-27(36(35-30)23-12-8-7-9-13-23)22-11-10-14-24(17-22)41-31-25-18-28(38-5)29(39-16-15-37-4)19-26(25)33-21-34-31/h7-14,17-21H,6,15-16H2,1-5H3. The fraction of sp³-hybridized carbons (Fsp3) is 0.281. The van der Waals surface area contributed by atoms with Gasteiger partial charge >= 0.3 is 0 Å². The molecule has 0 aliphatic rings. The third kappa shape index (κ3) is 6.37. The Morgan fingerprint density at radius 2 is 1.71 bits per heavy atom. The minimum atomic E-state index is -0.527. The summed E-state index contributed by atoms with van der Waals surface area (Å²) < 4.78 is 24.6. The van der Waals surface area contributed by atoms with Crippen LogP contribution in [0, 0.1) is 0 Å². The maximum absolute atomic E-state index is 6.03. The average molecular weight is 571 g/mol. The SMILES string of the molecule is CCOC(C)(C)c1cc(-c2cccc(Sc3ncnc4cc(OCCOC)c(OC)cc34)c2)n(-c2ccccc2)n1. The van der Waals surface area contributed by atoms with Crippen molar-refractivity contribution in [3.8, 4) is 28.4 Å². The van der Waals surface area contributed by atoms with Crippen LogP contribution in [-0.4, -0.2) is 53.8 Å². The van der Waals surface area contributed by atoms with Crippen molar-refractivity contribution in [3.05, 3.63) is 84.8 Å². The first-order valence-electron chi connectivity index (χ1n) is 13.5. The average Bonchev–Trinajstić information content (AvgIpc) is 3.45. The molecule has 0 amide bonds. The van der Waals surface area contributed by atoms with E-state index in [1.54, 1.807) is 32.3 Å². The molecule has 0 saturated heterocycles. The lowest BCUT2D eigenvalue weighted by Gasteiger charge is -2.22. The summed E-state index contributed by atoms with van der Waals surface area (Å²) in [7, 11) is 3.27. The van der Waals surface area contributed by atoms with E-state index in [-0.39, 0.29) is 0 Å². The lowest BCUT2D eigenvalue weighted by molar-refractivity contribution is -0.0175. The van der Waals surface area contributed by atoms with E-state index in [1.165, 1.54) is 0 Å². The number of para-hydroxylation sites is 1. The van der Waals surface area contributed by atoms with Crippen LogP contribution in [0.1, 0.15) is 26.5 Å². The van der Waals surface area contributed by atoms with Gasteiger partial charge in [0.2, 0.25) is 0 Å². The lowest BCUT2D eigenvalue weighted by atomic mass is 10.0. The summed E-state index contributed by atoms with van der Waals surface area (Å²) in [6.45, 7) is 7.60. The smallest absolute Gasteiger partial charge is 0.163 e. The van der Waals surface area contributed by atoms with Crippen LogP contribution < -0.4 is 9.47 Å². The van der Waals surface area contributed by atoms with Crippen LogP contribution >= 0.6 is 11.8 Å². The van der Waals surface area contributed by atoms with Crippen molar-refractivity contribution in [2.75, 3.05) is 34.0 Å². The molecule has 5 aromatic rings. The third-order valence-electron chi connectivity index (χ3n) is 6.61. The molecule has 0 radical (unpaired) electrons. The highest BCUT2D eigenvalue weighted by molar-refractivity contribution is 7.99. The Bertz CT molecular complexity index is 1620. The highest BCUT2D eigenvalue weighted by Gasteiger charge is 2.26. The van der Waals surface area contributed by atoms with Gasteiger partial charge < -0.3 is 18.9 Å². The van der Waals surface area contributed by atoms with Crippen LogP contribution in [0.15, 0.2) is 89.0 Å². The maximum Gasteiger partial charge on any atom is 0.163 e. The largest absolute Gasteiger partial charge is 0.493 e. The second kappa shape index (κ2) is 12.7. The number of ether oxygens (including phenoxy) is 4. The Morgan fingerprint density at radius 3 is 2.46 bits per heavy atom. The highest BCUT2D eigenvalue weighted by Crippen LogP contribution is 2.39. The highest BCUT2D eigenvalue weighted by atomic mass is 32.2. The van der Waals surface area contributed by atoms with Gasteiger partial charge in [0.15, 0.2) is 11.5 Å². The summed E-state index contributed by atoms with van der Waals surface area (Å²) in [5.41, 5.74) is 4.12. The molecule has 3 aromatic carbocycles. The molecule has 2 aromatic heterocycles. The summed E-state index contributed by atoms with van der Waals surface area (Å²) in [4.78, 5) is 10.1. The van der Waals surface area contributed by atoms with Gasteiger partial charge in [0.1, 0.15) is 23.6 Å². The fourth-order valence-corrected chi connectivity index (χ4v) is 5.47. The van der Waals surface area contributed by atoms with Crippen molar-refractivity contribution in [1.82, 2.24) is 19.7 Å². The Balaban J connectivity index is 1.52. The molecular weight excluding hydrogens is 536 g/mol. The van der Waals surface area contributed by atoms with E-state index in [2.05, 4.69) is 52.4 Å². The molecule has 0 fully saturated rings. The topological polar surface area (TPSA) is 80.5 Å². The molecule has 0 bridgehead atoms. The van der Waals surface area contributed by atoms with E-state index in [4.69, 9.17) is 24.0 Å². The second-order valence-electron chi connectivity index (χ2n) is 9.78. The van der Waals surface area contributed by atoms with Gasteiger partial charge in [-0.05, 0) is 57.2 Å². The summed E-state index contributed by atoms with van der Waals surface area (Å²) in [5.74, 6) is 1.24. The summed E-state index contributed by atoms with van der Waals surface area (Å²) >= 11 is 1.57. The molecule has 0 N–H and O–H groups in total. The van der Waals surface area contributed by atoms with Gasteiger partial charge in [0, 0.05) is 35.6 Å². The van der Waals surface area contributed by atoms with Crippen molar-refractivity contribution >= 4 is 22.7 Å². The molecule has 0 aliphatic carbocycles. The van der Waals surface area contributed by atoms with Crippen LogP contribution in [0.25, 0.3) is 27.8 Å². The quantitative estimate of drug-likeness (QED) is 0.118. The van der Waals surface area contributed by atoms with Crippen LogP contribution in [0.5, 0.6) is 11.5 Å². The van der Waals surface area contributed by atoms with E-state index in [0.29, 0.717) is 31.3 Å². The monoisotopic (exact) mass is 570 g/mol. The van der Waals surface area contributed by atoms with E-state index in [1.807, 2.05) is 55.8 Å². The number of aromatic nitrogens is 4. The van der Waals surface area contributed by atoms with Gasteiger partial charge in [-0.3, -0.25) is 0 Å². The minimum absolute atomic E-state index is 0.418. The molecule has 8 nitrogen and oxygen atoms in total. The fourth-order valence-electron chi connectivity index (χ4n) is 4.54. The third-order valence-corrected chi connectivity index (χ3v) is 7.61. The van der Waals surface area contributed by atoms with Crippen LogP contribution in [0.2, 0.25) is 0 Å². The van der Waals surface area contributed by atoms with Gasteiger partial charge in [-0.25, -0.2) is 14.6 Å².